The fourth-order valence-corrected chi connectivity index (χ4v) is 3.21. The van der Waals surface area contributed by atoms with E-state index in [1.807, 2.05) is 0 Å². The summed E-state index contributed by atoms with van der Waals surface area (Å²) < 4.78 is 6.05. The maximum absolute atomic E-state index is 6.05. The van der Waals surface area contributed by atoms with E-state index in [1.165, 1.54) is 58.2 Å². The van der Waals surface area contributed by atoms with Gasteiger partial charge in [0.1, 0.15) is 0 Å². The zero-order valence-corrected chi connectivity index (χ0v) is 9.93. The van der Waals surface area contributed by atoms with E-state index in [0.29, 0.717) is 5.41 Å². The van der Waals surface area contributed by atoms with Gasteiger partial charge in [-0.05, 0) is 43.9 Å². The number of hydrogen-bond acceptors (Lipinski definition) is 2. The van der Waals surface area contributed by atoms with Gasteiger partial charge in [0, 0.05) is 26.2 Å². The first-order valence-electron chi connectivity index (χ1n) is 6.56. The fourth-order valence-electron chi connectivity index (χ4n) is 3.21. The molecule has 1 spiro atoms. The van der Waals surface area contributed by atoms with Gasteiger partial charge in [0.05, 0.1) is 5.60 Å². The Labute approximate surface area is 93.0 Å². The minimum atomic E-state index is 0.267. The Morgan fingerprint density at radius 3 is 2.67 bits per heavy atom. The molecule has 0 amide bonds. The lowest BCUT2D eigenvalue weighted by atomic mass is 9.93. The molecule has 1 atom stereocenters. The highest BCUT2D eigenvalue weighted by molar-refractivity contribution is 4.98. The van der Waals surface area contributed by atoms with E-state index in [0.717, 1.165) is 6.61 Å². The molecule has 86 valence electrons. The summed E-state index contributed by atoms with van der Waals surface area (Å²) in [6.07, 6.45) is 8.13. The van der Waals surface area contributed by atoms with Crippen molar-refractivity contribution in [2.24, 2.45) is 5.41 Å². The Kier molecular flexibility index (Phi) is 2.33. The molecule has 0 N–H and O–H groups in total. The van der Waals surface area contributed by atoms with Crippen LogP contribution < -0.4 is 0 Å². The van der Waals surface area contributed by atoms with Gasteiger partial charge in [0.15, 0.2) is 0 Å². The number of likely N-dealkylation sites (tertiary alicyclic amines) is 1. The Hall–Kier alpha value is -0.0800. The average Bonchev–Trinajstić information content (AvgIpc) is 2.83. The summed E-state index contributed by atoms with van der Waals surface area (Å²) in [5, 5.41) is 0. The van der Waals surface area contributed by atoms with Crippen LogP contribution in [0, 0.1) is 5.41 Å². The molecule has 2 saturated heterocycles. The highest BCUT2D eigenvalue weighted by atomic mass is 16.5. The molecule has 3 rings (SSSR count). The molecule has 15 heavy (non-hydrogen) atoms. The van der Waals surface area contributed by atoms with Crippen molar-refractivity contribution in [1.82, 2.24) is 4.90 Å². The van der Waals surface area contributed by atoms with E-state index < -0.39 is 0 Å². The zero-order valence-electron chi connectivity index (χ0n) is 9.93. The lowest BCUT2D eigenvalue weighted by molar-refractivity contribution is -0.0700. The molecule has 0 aromatic heterocycles. The molecule has 2 nitrogen and oxygen atoms in total. The van der Waals surface area contributed by atoms with Crippen LogP contribution >= 0.6 is 0 Å². The number of nitrogens with zero attached hydrogens (tertiary/aromatic N) is 1. The van der Waals surface area contributed by atoms with Crippen molar-refractivity contribution in [1.29, 1.82) is 0 Å². The van der Waals surface area contributed by atoms with Gasteiger partial charge in [-0.1, -0.05) is 6.92 Å². The molecule has 2 aliphatic heterocycles. The zero-order chi connectivity index (χ0) is 10.4. The third kappa shape index (κ3) is 2.07. The molecule has 2 heteroatoms. The van der Waals surface area contributed by atoms with Gasteiger partial charge < -0.3 is 4.74 Å². The monoisotopic (exact) mass is 209 g/mol. The summed E-state index contributed by atoms with van der Waals surface area (Å²) in [4.78, 5) is 2.65. The Morgan fingerprint density at radius 2 is 2.00 bits per heavy atom. The molecule has 0 bridgehead atoms. The average molecular weight is 209 g/mol. The summed E-state index contributed by atoms with van der Waals surface area (Å²) in [5.74, 6) is 0. The van der Waals surface area contributed by atoms with Gasteiger partial charge in [0.25, 0.3) is 0 Å². The highest BCUT2D eigenvalue weighted by Gasteiger charge is 2.45. The molecule has 1 saturated carbocycles. The van der Waals surface area contributed by atoms with Crippen LogP contribution in [0.5, 0.6) is 0 Å². The minimum absolute atomic E-state index is 0.267. The minimum Gasteiger partial charge on any atom is -0.374 e. The lowest BCUT2D eigenvalue weighted by Crippen LogP contribution is -2.40. The Morgan fingerprint density at radius 1 is 1.13 bits per heavy atom. The van der Waals surface area contributed by atoms with Crippen LogP contribution in [0.15, 0.2) is 0 Å². The molecule has 0 aromatic rings. The van der Waals surface area contributed by atoms with Crippen LogP contribution in [0.25, 0.3) is 0 Å². The first-order chi connectivity index (χ1) is 7.20. The van der Waals surface area contributed by atoms with E-state index >= 15 is 0 Å². The maximum Gasteiger partial charge on any atom is 0.0820 e. The van der Waals surface area contributed by atoms with Crippen LogP contribution in [-0.4, -0.2) is 36.7 Å². The van der Waals surface area contributed by atoms with Crippen LogP contribution in [-0.2, 0) is 4.74 Å². The van der Waals surface area contributed by atoms with Gasteiger partial charge >= 0.3 is 0 Å². The maximum atomic E-state index is 6.05. The molecule has 1 unspecified atom stereocenters. The number of hydrogen-bond donors (Lipinski definition) is 0. The second kappa shape index (κ2) is 3.46. The number of rotatable bonds is 2. The summed E-state index contributed by atoms with van der Waals surface area (Å²) in [6, 6.07) is 0. The lowest BCUT2D eigenvalue weighted by Gasteiger charge is -2.34. The van der Waals surface area contributed by atoms with Crippen molar-refractivity contribution < 1.29 is 4.74 Å². The smallest absolute Gasteiger partial charge is 0.0820 e. The van der Waals surface area contributed by atoms with E-state index in [1.54, 1.807) is 0 Å². The topological polar surface area (TPSA) is 12.5 Å². The molecule has 3 fully saturated rings. The number of ether oxygens (including phenoxy) is 1. The molecule has 1 aliphatic carbocycles. The SMILES string of the molecule is CC1(CN2CCC3(CCCCO3)C2)CC1. The van der Waals surface area contributed by atoms with Crippen LogP contribution in [0.2, 0.25) is 0 Å². The fraction of sp³-hybridized carbons (Fsp3) is 1.00. The summed E-state index contributed by atoms with van der Waals surface area (Å²) in [6.45, 7) is 7.24. The summed E-state index contributed by atoms with van der Waals surface area (Å²) in [5.41, 5.74) is 0.934. The standard InChI is InChI=1S/C13H23NO/c1-12(5-6-12)10-14-8-7-13(11-14)4-2-3-9-15-13/h2-11H2,1H3. The van der Waals surface area contributed by atoms with Crippen molar-refractivity contribution in [3.8, 4) is 0 Å². The predicted molar refractivity (Wildman–Crippen MR) is 60.9 cm³/mol. The summed E-state index contributed by atoms with van der Waals surface area (Å²) >= 11 is 0. The van der Waals surface area contributed by atoms with E-state index in [2.05, 4.69) is 11.8 Å². The second-order valence-corrected chi connectivity index (χ2v) is 6.26. The van der Waals surface area contributed by atoms with Gasteiger partial charge in [0.2, 0.25) is 0 Å². The third-order valence-electron chi connectivity index (χ3n) is 4.54. The quantitative estimate of drug-likeness (QED) is 0.692. The van der Waals surface area contributed by atoms with Gasteiger partial charge in [-0.3, -0.25) is 4.90 Å². The molecule has 0 aromatic carbocycles. The largest absolute Gasteiger partial charge is 0.374 e. The molecule has 3 aliphatic rings. The van der Waals surface area contributed by atoms with Crippen LogP contribution in [0.3, 0.4) is 0 Å². The molecular formula is C13H23NO. The predicted octanol–water partition coefficient (Wildman–Crippen LogP) is 2.43. The Balaban J connectivity index is 1.57. The van der Waals surface area contributed by atoms with E-state index in [9.17, 15) is 0 Å². The second-order valence-electron chi connectivity index (χ2n) is 6.26. The van der Waals surface area contributed by atoms with Crippen LogP contribution in [0.1, 0.15) is 45.4 Å². The van der Waals surface area contributed by atoms with Crippen molar-refractivity contribution in [3.63, 3.8) is 0 Å². The molecule has 2 heterocycles. The van der Waals surface area contributed by atoms with Crippen molar-refractivity contribution in [2.45, 2.75) is 51.0 Å². The van der Waals surface area contributed by atoms with Gasteiger partial charge in [-0.15, -0.1) is 0 Å². The molecular weight excluding hydrogens is 186 g/mol. The summed E-state index contributed by atoms with van der Waals surface area (Å²) in [7, 11) is 0. The highest BCUT2D eigenvalue weighted by Crippen LogP contribution is 2.47. The molecule has 0 radical (unpaired) electrons. The van der Waals surface area contributed by atoms with Gasteiger partial charge in [-0.25, -0.2) is 0 Å². The van der Waals surface area contributed by atoms with Crippen molar-refractivity contribution in [2.75, 3.05) is 26.2 Å². The van der Waals surface area contributed by atoms with Crippen molar-refractivity contribution in [3.05, 3.63) is 0 Å². The van der Waals surface area contributed by atoms with E-state index in [4.69, 9.17) is 4.74 Å². The first-order valence-corrected chi connectivity index (χ1v) is 6.56. The van der Waals surface area contributed by atoms with E-state index in [-0.39, 0.29) is 5.60 Å². The first kappa shape index (κ1) is 10.1. The third-order valence-corrected chi connectivity index (χ3v) is 4.54. The Bertz CT molecular complexity index is 241. The normalized spacial score (nSPS) is 39.8. The van der Waals surface area contributed by atoms with Crippen molar-refractivity contribution >= 4 is 0 Å². The van der Waals surface area contributed by atoms with Crippen LogP contribution in [0.4, 0.5) is 0 Å². The van der Waals surface area contributed by atoms with Gasteiger partial charge in [-0.2, -0.15) is 0 Å².